The number of nitrogens with zero attached hydrogens (tertiary/aromatic N) is 2. The number of aliphatic carboxylic acids is 1. The summed E-state index contributed by atoms with van der Waals surface area (Å²) in [5, 5.41) is 9.71. The van der Waals surface area contributed by atoms with Crippen molar-refractivity contribution in [2.45, 2.75) is 58.2 Å². The van der Waals surface area contributed by atoms with Crippen LogP contribution in [0.3, 0.4) is 0 Å². The molecule has 2 aliphatic rings. The Bertz CT molecular complexity index is 728. The summed E-state index contributed by atoms with van der Waals surface area (Å²) in [4.78, 5) is 28.7. The highest BCUT2D eigenvalue weighted by atomic mass is 16.5. The molecule has 0 radical (unpaired) electrons. The first-order valence-electron chi connectivity index (χ1n) is 10.0. The van der Waals surface area contributed by atoms with Gasteiger partial charge in [0.25, 0.3) is 5.91 Å². The number of anilines is 1. The van der Waals surface area contributed by atoms with Gasteiger partial charge in [-0.1, -0.05) is 20.8 Å². The predicted molar refractivity (Wildman–Crippen MR) is 108 cm³/mol. The lowest BCUT2D eigenvalue weighted by atomic mass is 9.70. The van der Waals surface area contributed by atoms with E-state index >= 15 is 0 Å². The molecule has 2 fully saturated rings. The number of hydrogen-bond donors (Lipinski definition) is 1. The highest BCUT2D eigenvalue weighted by Crippen LogP contribution is 2.47. The third kappa shape index (κ3) is 3.75. The Hall–Kier alpha value is -2.08. The molecular formula is C22H32N2O4. The number of ether oxygens (including phenoxy) is 1. The first-order chi connectivity index (χ1) is 13.0. The predicted octanol–water partition coefficient (Wildman–Crippen LogP) is 3.61. The zero-order valence-corrected chi connectivity index (χ0v) is 17.6. The fraction of sp³-hybridized carbons (Fsp3) is 0.636. The number of carbonyl (C=O) groups is 2. The van der Waals surface area contributed by atoms with Crippen LogP contribution in [0, 0.1) is 11.3 Å². The minimum absolute atomic E-state index is 0.0526. The number of rotatable bonds is 3. The Balaban J connectivity index is 1.88. The Labute approximate surface area is 167 Å². The summed E-state index contributed by atoms with van der Waals surface area (Å²) in [5.41, 5.74) is 0.884. The molecule has 1 aliphatic heterocycles. The molecule has 1 aliphatic carbocycles. The summed E-state index contributed by atoms with van der Waals surface area (Å²) in [6.45, 7) is 6.76. The zero-order valence-electron chi connectivity index (χ0n) is 17.6. The summed E-state index contributed by atoms with van der Waals surface area (Å²) in [6, 6.07) is 6.35. The molecule has 1 heterocycles. The van der Waals surface area contributed by atoms with Gasteiger partial charge >= 0.3 is 5.97 Å². The molecule has 1 spiro atoms. The van der Waals surface area contributed by atoms with Crippen LogP contribution in [0.2, 0.25) is 0 Å². The van der Waals surface area contributed by atoms with Crippen molar-refractivity contribution < 1.29 is 19.4 Å². The molecule has 0 aromatic heterocycles. The number of hydrogen-bond acceptors (Lipinski definition) is 4. The van der Waals surface area contributed by atoms with E-state index in [9.17, 15) is 14.7 Å². The smallest absolute Gasteiger partial charge is 0.328 e. The fourth-order valence-corrected chi connectivity index (χ4v) is 4.53. The molecule has 1 amide bonds. The van der Waals surface area contributed by atoms with E-state index in [1.54, 1.807) is 12.1 Å². The van der Waals surface area contributed by atoms with Crippen LogP contribution in [0.25, 0.3) is 0 Å². The van der Waals surface area contributed by atoms with Crippen molar-refractivity contribution in [3.8, 4) is 0 Å². The van der Waals surface area contributed by atoms with Gasteiger partial charge in [-0.3, -0.25) is 9.69 Å². The topological polar surface area (TPSA) is 70.1 Å². The van der Waals surface area contributed by atoms with E-state index in [0.29, 0.717) is 24.3 Å². The minimum Gasteiger partial charge on any atom is -0.480 e. The summed E-state index contributed by atoms with van der Waals surface area (Å²) in [5.74, 6) is -0.723. The Morgan fingerprint density at radius 1 is 1.14 bits per heavy atom. The molecule has 1 aromatic carbocycles. The minimum atomic E-state index is -1.01. The maximum Gasteiger partial charge on any atom is 0.328 e. The summed E-state index contributed by atoms with van der Waals surface area (Å²) < 4.78 is 6.05. The second-order valence-electron chi connectivity index (χ2n) is 9.37. The van der Waals surface area contributed by atoms with Gasteiger partial charge in [0.15, 0.2) is 6.04 Å². The third-order valence-corrected chi connectivity index (χ3v) is 6.39. The zero-order chi connectivity index (χ0) is 20.7. The third-order valence-electron chi connectivity index (χ3n) is 6.39. The van der Waals surface area contributed by atoms with E-state index in [4.69, 9.17) is 4.74 Å². The van der Waals surface area contributed by atoms with Crippen LogP contribution in [-0.2, 0) is 9.53 Å². The van der Waals surface area contributed by atoms with Gasteiger partial charge in [-0.2, -0.15) is 0 Å². The second-order valence-corrected chi connectivity index (χ2v) is 9.37. The van der Waals surface area contributed by atoms with Gasteiger partial charge < -0.3 is 14.7 Å². The molecule has 1 saturated carbocycles. The van der Waals surface area contributed by atoms with Gasteiger partial charge in [0.05, 0.1) is 6.61 Å². The molecule has 0 bridgehead atoms. The lowest BCUT2D eigenvalue weighted by molar-refractivity contribution is -0.144. The van der Waals surface area contributed by atoms with E-state index in [0.717, 1.165) is 18.5 Å². The normalized spacial score (nSPS) is 27.8. The molecule has 1 aromatic rings. The van der Waals surface area contributed by atoms with Crippen LogP contribution >= 0.6 is 0 Å². The summed E-state index contributed by atoms with van der Waals surface area (Å²) in [7, 11) is 3.88. The molecule has 28 heavy (non-hydrogen) atoms. The average molecular weight is 389 g/mol. The average Bonchev–Trinajstić information content (AvgIpc) is 2.99. The van der Waals surface area contributed by atoms with Gasteiger partial charge in [0, 0.05) is 25.3 Å². The monoisotopic (exact) mass is 388 g/mol. The molecule has 6 nitrogen and oxygen atoms in total. The maximum atomic E-state index is 13.4. The number of carboxylic acid groups (broad SMARTS) is 1. The van der Waals surface area contributed by atoms with Crippen molar-refractivity contribution >= 4 is 17.6 Å². The van der Waals surface area contributed by atoms with Gasteiger partial charge in [-0.15, -0.1) is 0 Å². The second kappa shape index (κ2) is 7.39. The van der Waals surface area contributed by atoms with Crippen LogP contribution in [-0.4, -0.2) is 54.4 Å². The molecule has 1 N–H and O–H groups in total. The van der Waals surface area contributed by atoms with E-state index in [-0.39, 0.29) is 17.9 Å². The van der Waals surface area contributed by atoms with Gasteiger partial charge in [-0.05, 0) is 61.3 Å². The largest absolute Gasteiger partial charge is 0.480 e. The SMILES string of the molecule is CN(C)c1ccc(C(=O)N2[C@@H](C(=O)O)COC23CCC(C(C)(C)C)CC3)cc1. The quantitative estimate of drug-likeness (QED) is 0.857. The number of carbonyl (C=O) groups excluding carboxylic acids is 1. The molecule has 0 unspecified atom stereocenters. The highest BCUT2D eigenvalue weighted by molar-refractivity contribution is 5.97. The van der Waals surface area contributed by atoms with Crippen molar-refractivity contribution in [2.75, 3.05) is 25.6 Å². The maximum absolute atomic E-state index is 13.4. The highest BCUT2D eigenvalue weighted by Gasteiger charge is 2.54. The van der Waals surface area contributed by atoms with Crippen molar-refractivity contribution in [2.24, 2.45) is 11.3 Å². The molecule has 6 heteroatoms. The number of benzene rings is 1. The fourth-order valence-electron chi connectivity index (χ4n) is 4.53. The van der Waals surface area contributed by atoms with E-state index < -0.39 is 17.7 Å². The van der Waals surface area contributed by atoms with Crippen LogP contribution < -0.4 is 4.90 Å². The summed E-state index contributed by atoms with van der Waals surface area (Å²) >= 11 is 0. The van der Waals surface area contributed by atoms with Crippen LogP contribution in [0.5, 0.6) is 0 Å². The van der Waals surface area contributed by atoms with Crippen LogP contribution in [0.4, 0.5) is 5.69 Å². The molecule has 154 valence electrons. The van der Waals surface area contributed by atoms with Crippen LogP contribution in [0.1, 0.15) is 56.8 Å². The van der Waals surface area contributed by atoms with E-state index in [1.807, 2.05) is 31.1 Å². The Kier molecular flexibility index (Phi) is 5.45. The van der Waals surface area contributed by atoms with Crippen molar-refractivity contribution in [1.29, 1.82) is 0 Å². The van der Waals surface area contributed by atoms with E-state index in [1.165, 1.54) is 4.90 Å². The van der Waals surface area contributed by atoms with Crippen molar-refractivity contribution in [3.05, 3.63) is 29.8 Å². The number of carboxylic acids is 1. The lowest BCUT2D eigenvalue weighted by Crippen LogP contribution is -2.55. The van der Waals surface area contributed by atoms with Crippen molar-refractivity contribution in [3.63, 3.8) is 0 Å². The first kappa shape index (κ1) is 20.6. The molecule has 3 rings (SSSR count). The van der Waals surface area contributed by atoms with E-state index in [2.05, 4.69) is 20.8 Å². The van der Waals surface area contributed by atoms with Gasteiger partial charge in [-0.25, -0.2) is 4.79 Å². The van der Waals surface area contributed by atoms with Crippen LogP contribution in [0.15, 0.2) is 24.3 Å². The Morgan fingerprint density at radius 3 is 2.18 bits per heavy atom. The van der Waals surface area contributed by atoms with Gasteiger partial charge in [0.1, 0.15) is 5.72 Å². The first-order valence-corrected chi connectivity index (χ1v) is 10.0. The molecule has 1 saturated heterocycles. The van der Waals surface area contributed by atoms with Gasteiger partial charge in [0.2, 0.25) is 0 Å². The summed E-state index contributed by atoms with van der Waals surface area (Å²) in [6.07, 6.45) is 3.22. The molecule has 1 atom stereocenters. The Morgan fingerprint density at radius 2 is 1.71 bits per heavy atom. The molecular weight excluding hydrogens is 356 g/mol. The standard InChI is InChI=1S/C22H32N2O4/c1-21(2,3)16-10-12-22(13-11-16)24(18(14-28-22)20(26)27)19(25)15-6-8-17(9-7-15)23(4)5/h6-9,16,18H,10-14H2,1-5H3,(H,26,27)/t16?,18-,22?/m1/s1. The number of amides is 1. The van der Waals surface area contributed by atoms with Crippen molar-refractivity contribution in [1.82, 2.24) is 4.90 Å². The lowest BCUT2D eigenvalue weighted by Gasteiger charge is -2.46.